The summed E-state index contributed by atoms with van der Waals surface area (Å²) in [6.07, 6.45) is 3.79. The number of aliphatic carboxylic acids is 1. The number of rotatable bonds is 2. The average Bonchev–Trinajstić information content (AvgIpc) is 2.53. The minimum atomic E-state index is -0.939. The Labute approximate surface area is 140 Å². The molecule has 1 aromatic heterocycles. The van der Waals surface area contributed by atoms with E-state index in [0.29, 0.717) is 11.4 Å². The Morgan fingerprint density at radius 3 is 2.96 bits per heavy atom. The van der Waals surface area contributed by atoms with E-state index in [1.807, 2.05) is 12.1 Å². The number of carbonyl (C=O) groups is 1. The van der Waals surface area contributed by atoms with Crippen LogP contribution < -0.4 is 4.74 Å². The van der Waals surface area contributed by atoms with Gasteiger partial charge in [-0.25, -0.2) is 4.98 Å². The number of ether oxygens (including phenoxy) is 1. The second-order valence-corrected chi connectivity index (χ2v) is 6.41. The van der Waals surface area contributed by atoms with Crippen LogP contribution in [0.3, 0.4) is 0 Å². The van der Waals surface area contributed by atoms with Crippen LogP contribution in [0.1, 0.15) is 42.8 Å². The SMILES string of the molecule is CC1(C)CCOc2ccc(C#Cc3cncc(CC(=O)O)n3)cc21. The van der Waals surface area contributed by atoms with Crippen molar-refractivity contribution in [1.82, 2.24) is 9.97 Å². The van der Waals surface area contributed by atoms with Crippen LogP contribution in [0.4, 0.5) is 0 Å². The van der Waals surface area contributed by atoms with Gasteiger partial charge in [0, 0.05) is 17.3 Å². The molecule has 5 heteroatoms. The van der Waals surface area contributed by atoms with Crippen molar-refractivity contribution in [2.75, 3.05) is 6.61 Å². The molecule has 5 nitrogen and oxygen atoms in total. The Morgan fingerprint density at radius 1 is 1.33 bits per heavy atom. The van der Waals surface area contributed by atoms with Crippen molar-refractivity contribution < 1.29 is 14.6 Å². The highest BCUT2D eigenvalue weighted by atomic mass is 16.5. The molecule has 1 aliphatic rings. The molecule has 0 radical (unpaired) electrons. The maximum Gasteiger partial charge on any atom is 0.309 e. The number of nitrogens with zero attached hydrogens (tertiary/aromatic N) is 2. The Bertz CT molecular complexity index is 847. The fourth-order valence-electron chi connectivity index (χ4n) is 2.66. The van der Waals surface area contributed by atoms with Crippen molar-refractivity contribution in [1.29, 1.82) is 0 Å². The molecular formula is C19H18N2O3. The monoisotopic (exact) mass is 322 g/mol. The predicted octanol–water partition coefficient (Wildman–Crippen LogP) is 2.56. The van der Waals surface area contributed by atoms with Crippen molar-refractivity contribution >= 4 is 5.97 Å². The lowest BCUT2D eigenvalue weighted by atomic mass is 9.79. The van der Waals surface area contributed by atoms with Crippen LogP contribution >= 0.6 is 0 Å². The van der Waals surface area contributed by atoms with Gasteiger partial charge in [-0.05, 0) is 36.0 Å². The molecule has 2 aromatic rings. The molecule has 24 heavy (non-hydrogen) atoms. The van der Waals surface area contributed by atoms with Crippen molar-refractivity contribution in [2.24, 2.45) is 0 Å². The van der Waals surface area contributed by atoms with Gasteiger partial charge >= 0.3 is 5.97 Å². The fraction of sp³-hybridized carbons (Fsp3) is 0.316. The summed E-state index contributed by atoms with van der Waals surface area (Å²) in [4.78, 5) is 18.9. The molecule has 3 rings (SSSR count). The molecular weight excluding hydrogens is 304 g/mol. The maximum atomic E-state index is 10.7. The highest BCUT2D eigenvalue weighted by Crippen LogP contribution is 2.38. The summed E-state index contributed by atoms with van der Waals surface area (Å²) < 4.78 is 5.70. The van der Waals surface area contributed by atoms with Crippen LogP contribution in [-0.2, 0) is 16.6 Å². The molecule has 2 heterocycles. The van der Waals surface area contributed by atoms with Gasteiger partial charge in [-0.2, -0.15) is 0 Å². The molecule has 0 fully saturated rings. The number of carboxylic acids is 1. The lowest BCUT2D eigenvalue weighted by Crippen LogP contribution is -2.26. The number of hydrogen-bond acceptors (Lipinski definition) is 4. The van der Waals surface area contributed by atoms with E-state index < -0.39 is 5.97 Å². The normalized spacial score (nSPS) is 14.8. The van der Waals surface area contributed by atoms with E-state index in [2.05, 4.69) is 41.7 Å². The molecule has 0 atom stereocenters. The minimum Gasteiger partial charge on any atom is -0.493 e. The predicted molar refractivity (Wildman–Crippen MR) is 88.9 cm³/mol. The molecule has 1 aromatic carbocycles. The number of aromatic nitrogens is 2. The summed E-state index contributed by atoms with van der Waals surface area (Å²) in [6, 6.07) is 5.92. The third-order valence-corrected chi connectivity index (χ3v) is 4.05. The first-order valence-corrected chi connectivity index (χ1v) is 7.76. The highest BCUT2D eigenvalue weighted by Gasteiger charge is 2.28. The van der Waals surface area contributed by atoms with Crippen LogP contribution in [0, 0.1) is 11.8 Å². The molecule has 0 saturated heterocycles. The van der Waals surface area contributed by atoms with E-state index in [-0.39, 0.29) is 11.8 Å². The first-order chi connectivity index (χ1) is 11.4. The lowest BCUT2D eigenvalue weighted by Gasteiger charge is -2.32. The molecule has 0 amide bonds. The molecule has 0 bridgehead atoms. The van der Waals surface area contributed by atoms with Gasteiger partial charge in [-0.1, -0.05) is 19.8 Å². The zero-order valence-electron chi connectivity index (χ0n) is 13.7. The van der Waals surface area contributed by atoms with Crippen LogP contribution in [0.2, 0.25) is 0 Å². The fourth-order valence-corrected chi connectivity index (χ4v) is 2.66. The van der Waals surface area contributed by atoms with E-state index in [1.54, 1.807) is 0 Å². The van der Waals surface area contributed by atoms with Gasteiger partial charge in [0.25, 0.3) is 0 Å². The standard InChI is InChI=1S/C19H18N2O3/c1-19(2)7-8-24-17-6-4-13(9-16(17)19)3-5-14-11-20-12-15(21-14)10-18(22)23/h4,6,9,11-12H,7-8,10H2,1-2H3,(H,22,23). The summed E-state index contributed by atoms with van der Waals surface area (Å²) in [5.74, 6) is 6.00. The Balaban J connectivity index is 1.88. The van der Waals surface area contributed by atoms with E-state index in [0.717, 1.165) is 29.9 Å². The molecule has 0 spiro atoms. The Kier molecular flexibility index (Phi) is 4.22. The van der Waals surface area contributed by atoms with Gasteiger partial charge in [0.2, 0.25) is 0 Å². The topological polar surface area (TPSA) is 72.3 Å². The summed E-state index contributed by atoms with van der Waals surface area (Å²) in [5.41, 5.74) is 2.95. The molecule has 0 saturated carbocycles. The summed E-state index contributed by atoms with van der Waals surface area (Å²) in [5, 5.41) is 8.81. The largest absolute Gasteiger partial charge is 0.493 e. The van der Waals surface area contributed by atoms with Gasteiger partial charge in [0.1, 0.15) is 11.4 Å². The van der Waals surface area contributed by atoms with Crippen LogP contribution in [0.25, 0.3) is 0 Å². The number of benzene rings is 1. The second kappa shape index (κ2) is 6.32. The van der Waals surface area contributed by atoms with Gasteiger partial charge in [-0.3, -0.25) is 9.78 Å². The van der Waals surface area contributed by atoms with Crippen molar-refractivity contribution in [3.05, 3.63) is 53.1 Å². The first-order valence-electron chi connectivity index (χ1n) is 7.76. The van der Waals surface area contributed by atoms with Gasteiger partial charge < -0.3 is 9.84 Å². The zero-order valence-corrected chi connectivity index (χ0v) is 13.7. The second-order valence-electron chi connectivity index (χ2n) is 6.41. The molecule has 0 aliphatic carbocycles. The van der Waals surface area contributed by atoms with Crippen LogP contribution in [-0.4, -0.2) is 27.7 Å². The van der Waals surface area contributed by atoms with Gasteiger partial charge in [0.15, 0.2) is 0 Å². The summed E-state index contributed by atoms with van der Waals surface area (Å²) in [6.45, 7) is 5.13. The Morgan fingerprint density at radius 2 is 2.17 bits per heavy atom. The first kappa shape index (κ1) is 16.0. The van der Waals surface area contributed by atoms with Crippen LogP contribution in [0.5, 0.6) is 5.75 Å². The lowest BCUT2D eigenvalue weighted by molar-refractivity contribution is -0.136. The van der Waals surface area contributed by atoms with Gasteiger partial charge in [-0.15, -0.1) is 0 Å². The third-order valence-electron chi connectivity index (χ3n) is 4.05. The molecule has 1 aliphatic heterocycles. The zero-order chi connectivity index (χ0) is 17.2. The van der Waals surface area contributed by atoms with Crippen molar-refractivity contribution in [3.8, 4) is 17.6 Å². The van der Waals surface area contributed by atoms with Gasteiger partial charge in [0.05, 0.1) is 24.9 Å². The van der Waals surface area contributed by atoms with Crippen molar-refractivity contribution in [3.63, 3.8) is 0 Å². The minimum absolute atomic E-state index is 0.0620. The third kappa shape index (κ3) is 3.54. The quantitative estimate of drug-likeness (QED) is 0.860. The van der Waals surface area contributed by atoms with E-state index in [4.69, 9.17) is 9.84 Å². The average molecular weight is 322 g/mol. The summed E-state index contributed by atoms with van der Waals surface area (Å²) >= 11 is 0. The molecule has 0 unspecified atom stereocenters. The Hall–Kier alpha value is -2.87. The number of carboxylic acid groups (broad SMARTS) is 1. The highest BCUT2D eigenvalue weighted by molar-refractivity contribution is 5.69. The molecule has 1 N–H and O–H groups in total. The molecule has 122 valence electrons. The number of hydrogen-bond donors (Lipinski definition) is 1. The van der Waals surface area contributed by atoms with Crippen molar-refractivity contribution in [2.45, 2.75) is 32.1 Å². The van der Waals surface area contributed by atoms with E-state index in [9.17, 15) is 4.79 Å². The smallest absolute Gasteiger partial charge is 0.309 e. The van der Waals surface area contributed by atoms with Crippen LogP contribution in [0.15, 0.2) is 30.6 Å². The van der Waals surface area contributed by atoms with E-state index >= 15 is 0 Å². The number of fused-ring (bicyclic) bond motifs is 1. The van der Waals surface area contributed by atoms with E-state index in [1.165, 1.54) is 12.4 Å². The maximum absolute atomic E-state index is 10.7. The summed E-state index contributed by atoms with van der Waals surface area (Å²) in [7, 11) is 0.